The van der Waals surface area contributed by atoms with Gasteiger partial charge < -0.3 is 9.72 Å². The zero-order valence-electron chi connectivity index (χ0n) is 14.7. The van der Waals surface area contributed by atoms with E-state index < -0.39 is 0 Å². The van der Waals surface area contributed by atoms with Crippen LogP contribution in [0.2, 0.25) is 0 Å². The number of allylic oxidation sites excluding steroid dienone is 1. The quantitative estimate of drug-likeness (QED) is 0.708. The largest absolute Gasteiger partial charge is 0.493 e. The van der Waals surface area contributed by atoms with Crippen molar-refractivity contribution in [1.82, 2.24) is 9.97 Å². The molecule has 0 atom stereocenters. The van der Waals surface area contributed by atoms with Gasteiger partial charge in [0.1, 0.15) is 11.8 Å². The Balaban J connectivity index is 1.91. The van der Waals surface area contributed by atoms with Gasteiger partial charge in [0.25, 0.3) is 5.56 Å². The van der Waals surface area contributed by atoms with Crippen molar-refractivity contribution in [2.75, 3.05) is 6.61 Å². The Hall–Kier alpha value is -3.39. The van der Waals surface area contributed by atoms with Gasteiger partial charge in [0.05, 0.1) is 23.1 Å². The lowest BCUT2D eigenvalue weighted by atomic mass is 10.1. The molecule has 0 bridgehead atoms. The first-order chi connectivity index (χ1) is 12.6. The van der Waals surface area contributed by atoms with E-state index in [1.54, 1.807) is 24.3 Å². The molecule has 1 N–H and O–H groups in total. The Morgan fingerprint density at radius 1 is 1.23 bits per heavy atom. The third-order valence-corrected chi connectivity index (χ3v) is 3.76. The van der Waals surface area contributed by atoms with Crippen LogP contribution in [-0.4, -0.2) is 16.6 Å². The molecule has 1 aromatic heterocycles. The van der Waals surface area contributed by atoms with Crippen molar-refractivity contribution in [2.24, 2.45) is 5.92 Å². The first kappa shape index (κ1) is 17.4. The summed E-state index contributed by atoms with van der Waals surface area (Å²) < 4.78 is 5.66. The number of aromatic nitrogens is 2. The highest BCUT2D eigenvalue weighted by molar-refractivity contribution is 5.89. The zero-order chi connectivity index (χ0) is 18.5. The fourth-order valence-corrected chi connectivity index (χ4v) is 2.46. The summed E-state index contributed by atoms with van der Waals surface area (Å²) in [5.41, 5.74) is 1.42. The number of nitrogens with zero attached hydrogens (tertiary/aromatic N) is 2. The molecule has 130 valence electrons. The minimum atomic E-state index is -0.260. The molecular formula is C21H19N3O2. The molecule has 0 unspecified atom stereocenters. The van der Waals surface area contributed by atoms with Crippen LogP contribution in [0.4, 0.5) is 0 Å². The predicted octanol–water partition coefficient (Wildman–Crippen LogP) is 4.02. The van der Waals surface area contributed by atoms with E-state index in [1.165, 1.54) is 0 Å². The standard InChI is InChI=1S/C21H19N3O2/c1-14(2)13-26-17-9-7-15(8-10-17)11-16(12-22)20-23-19-6-4-3-5-18(19)21(25)24-20/h3-11,14H,13H2,1-2H3,(H,23,24,25)/b16-11-. The van der Waals surface area contributed by atoms with Gasteiger partial charge in [-0.15, -0.1) is 0 Å². The van der Waals surface area contributed by atoms with Crippen molar-refractivity contribution < 1.29 is 4.74 Å². The van der Waals surface area contributed by atoms with E-state index in [-0.39, 0.29) is 11.4 Å². The molecule has 0 aliphatic rings. The molecule has 0 aliphatic carbocycles. The maximum absolute atomic E-state index is 12.2. The molecule has 0 spiro atoms. The lowest BCUT2D eigenvalue weighted by Gasteiger charge is -2.08. The molecule has 0 saturated heterocycles. The smallest absolute Gasteiger partial charge is 0.259 e. The van der Waals surface area contributed by atoms with Gasteiger partial charge >= 0.3 is 0 Å². The number of ether oxygens (including phenoxy) is 1. The molecule has 5 nitrogen and oxygen atoms in total. The van der Waals surface area contributed by atoms with Gasteiger partial charge in [-0.05, 0) is 41.8 Å². The van der Waals surface area contributed by atoms with E-state index in [2.05, 4.69) is 29.9 Å². The average Bonchev–Trinajstić information content (AvgIpc) is 2.65. The molecule has 3 aromatic rings. The number of para-hydroxylation sites is 1. The maximum atomic E-state index is 12.2. The molecule has 3 rings (SSSR count). The van der Waals surface area contributed by atoms with Crippen molar-refractivity contribution in [3.63, 3.8) is 0 Å². The van der Waals surface area contributed by atoms with Crippen molar-refractivity contribution in [2.45, 2.75) is 13.8 Å². The molecule has 26 heavy (non-hydrogen) atoms. The number of hydrogen-bond acceptors (Lipinski definition) is 4. The number of nitriles is 1. The second kappa shape index (κ2) is 7.66. The summed E-state index contributed by atoms with van der Waals surface area (Å²) in [7, 11) is 0. The van der Waals surface area contributed by atoms with Crippen molar-refractivity contribution in [3.05, 3.63) is 70.3 Å². The van der Waals surface area contributed by atoms with E-state index >= 15 is 0 Å². The highest BCUT2D eigenvalue weighted by Crippen LogP contribution is 2.19. The van der Waals surface area contributed by atoms with E-state index in [0.717, 1.165) is 11.3 Å². The van der Waals surface area contributed by atoms with Gasteiger partial charge in [0, 0.05) is 0 Å². The fraction of sp³-hybridized carbons (Fsp3) is 0.190. The van der Waals surface area contributed by atoms with Crippen molar-refractivity contribution in [1.29, 1.82) is 5.26 Å². The molecule has 0 aliphatic heterocycles. The number of hydrogen-bond donors (Lipinski definition) is 1. The fourth-order valence-electron chi connectivity index (χ4n) is 2.46. The highest BCUT2D eigenvalue weighted by atomic mass is 16.5. The SMILES string of the molecule is CC(C)COc1ccc(/C=C(/C#N)c2nc3ccccc3c(=O)[nH]2)cc1. The minimum absolute atomic E-state index is 0.260. The molecule has 0 saturated carbocycles. The maximum Gasteiger partial charge on any atom is 0.259 e. The van der Waals surface area contributed by atoms with Crippen molar-refractivity contribution in [3.8, 4) is 11.8 Å². The summed E-state index contributed by atoms with van der Waals surface area (Å²) in [5, 5.41) is 10.00. The Bertz CT molecular complexity index is 1040. The molecule has 5 heteroatoms. The third kappa shape index (κ3) is 3.98. The lowest BCUT2D eigenvalue weighted by Crippen LogP contribution is -2.11. The molecule has 0 radical (unpaired) electrons. The second-order valence-electron chi connectivity index (χ2n) is 6.38. The second-order valence-corrected chi connectivity index (χ2v) is 6.38. The normalized spacial score (nSPS) is 11.5. The summed E-state index contributed by atoms with van der Waals surface area (Å²) in [6, 6.07) is 16.6. The topological polar surface area (TPSA) is 78.8 Å². The monoisotopic (exact) mass is 345 g/mol. The van der Waals surface area contributed by atoms with Gasteiger partial charge in [-0.2, -0.15) is 5.26 Å². The number of benzene rings is 2. The molecule has 1 heterocycles. The Morgan fingerprint density at radius 2 is 1.96 bits per heavy atom. The number of H-pyrrole nitrogens is 1. The van der Waals surface area contributed by atoms with Crippen LogP contribution in [0.1, 0.15) is 25.2 Å². The van der Waals surface area contributed by atoms with Crippen LogP contribution in [0, 0.1) is 17.2 Å². The van der Waals surface area contributed by atoms with E-state index in [9.17, 15) is 10.1 Å². The van der Waals surface area contributed by atoms with Crippen LogP contribution < -0.4 is 10.3 Å². The van der Waals surface area contributed by atoms with Crippen LogP contribution in [0.15, 0.2) is 53.3 Å². The summed E-state index contributed by atoms with van der Waals surface area (Å²) in [6.45, 7) is 4.84. The van der Waals surface area contributed by atoms with E-state index in [1.807, 2.05) is 30.3 Å². The molecule has 0 fully saturated rings. The van der Waals surface area contributed by atoms with Gasteiger partial charge in [-0.1, -0.05) is 38.1 Å². The lowest BCUT2D eigenvalue weighted by molar-refractivity contribution is 0.271. The van der Waals surface area contributed by atoms with Gasteiger partial charge in [0.15, 0.2) is 5.82 Å². The van der Waals surface area contributed by atoms with Gasteiger partial charge in [0.2, 0.25) is 0 Å². The van der Waals surface area contributed by atoms with Crippen LogP contribution in [0.3, 0.4) is 0 Å². The van der Waals surface area contributed by atoms with E-state index in [4.69, 9.17) is 4.74 Å². The summed E-state index contributed by atoms with van der Waals surface area (Å²) in [4.78, 5) is 19.3. The van der Waals surface area contributed by atoms with Crippen LogP contribution in [0.5, 0.6) is 5.75 Å². The molecular weight excluding hydrogens is 326 g/mol. The molecule has 2 aromatic carbocycles. The predicted molar refractivity (Wildman–Crippen MR) is 103 cm³/mol. The Morgan fingerprint density at radius 3 is 2.65 bits per heavy atom. The highest BCUT2D eigenvalue weighted by Gasteiger charge is 2.08. The Labute approximate surface area is 151 Å². The Kier molecular flexibility index (Phi) is 5.14. The van der Waals surface area contributed by atoms with Crippen LogP contribution in [0.25, 0.3) is 22.6 Å². The zero-order valence-corrected chi connectivity index (χ0v) is 14.7. The van der Waals surface area contributed by atoms with Crippen molar-refractivity contribution >= 4 is 22.6 Å². The first-order valence-corrected chi connectivity index (χ1v) is 8.41. The number of rotatable bonds is 5. The third-order valence-electron chi connectivity index (χ3n) is 3.76. The molecule has 0 amide bonds. The summed E-state index contributed by atoms with van der Waals surface area (Å²) in [5.74, 6) is 1.50. The summed E-state index contributed by atoms with van der Waals surface area (Å²) >= 11 is 0. The number of nitrogens with one attached hydrogen (secondary N) is 1. The van der Waals surface area contributed by atoms with E-state index in [0.29, 0.717) is 29.0 Å². The summed E-state index contributed by atoms with van der Waals surface area (Å²) in [6.07, 6.45) is 1.69. The van der Waals surface area contributed by atoms with Gasteiger partial charge in [-0.25, -0.2) is 4.98 Å². The number of aromatic amines is 1. The van der Waals surface area contributed by atoms with Crippen LogP contribution >= 0.6 is 0 Å². The average molecular weight is 345 g/mol. The number of fused-ring (bicyclic) bond motifs is 1. The van der Waals surface area contributed by atoms with Crippen LogP contribution in [-0.2, 0) is 0 Å². The first-order valence-electron chi connectivity index (χ1n) is 8.41. The van der Waals surface area contributed by atoms with Gasteiger partial charge in [-0.3, -0.25) is 4.79 Å². The minimum Gasteiger partial charge on any atom is -0.493 e.